The maximum atomic E-state index is 9.53. The summed E-state index contributed by atoms with van der Waals surface area (Å²) in [5.41, 5.74) is 2.63. The number of pyridine rings is 1. The van der Waals surface area contributed by atoms with Crippen molar-refractivity contribution in [2.24, 2.45) is 0 Å². The highest BCUT2D eigenvalue weighted by atomic mass is 35.5. The van der Waals surface area contributed by atoms with Crippen molar-refractivity contribution in [2.75, 3.05) is 0 Å². The predicted molar refractivity (Wildman–Crippen MR) is 80.5 cm³/mol. The fraction of sp³-hybridized carbons (Fsp3) is 0.312. The Kier molecular flexibility index (Phi) is 4.63. The summed E-state index contributed by atoms with van der Waals surface area (Å²) in [6, 6.07) is 9.10. The Morgan fingerprint density at radius 2 is 1.95 bits per heavy atom. The predicted octanol–water partition coefficient (Wildman–Crippen LogP) is 4.45. The van der Waals surface area contributed by atoms with Crippen molar-refractivity contribution in [3.8, 4) is 11.5 Å². The molecule has 1 atom stereocenters. The van der Waals surface area contributed by atoms with Crippen LogP contribution >= 0.6 is 11.6 Å². The summed E-state index contributed by atoms with van der Waals surface area (Å²) in [5, 5.41) is 10.0. The van der Waals surface area contributed by atoms with Gasteiger partial charge in [-0.2, -0.15) is 0 Å². The lowest BCUT2D eigenvalue weighted by Gasteiger charge is -2.13. The molecule has 0 aliphatic rings. The first-order chi connectivity index (χ1) is 9.51. The highest BCUT2D eigenvalue weighted by Gasteiger charge is 2.10. The lowest BCUT2D eigenvalue weighted by Crippen LogP contribution is -1.97. The van der Waals surface area contributed by atoms with Gasteiger partial charge in [0.2, 0.25) is 0 Å². The van der Waals surface area contributed by atoms with Crippen LogP contribution in [0.25, 0.3) is 0 Å². The van der Waals surface area contributed by atoms with Crippen LogP contribution in [0, 0.1) is 6.92 Å². The van der Waals surface area contributed by atoms with Gasteiger partial charge in [0.05, 0.1) is 16.8 Å². The molecule has 20 heavy (non-hydrogen) atoms. The van der Waals surface area contributed by atoms with E-state index < -0.39 is 6.10 Å². The van der Waals surface area contributed by atoms with Crippen molar-refractivity contribution in [3.05, 3.63) is 52.3 Å². The number of benzene rings is 1. The number of nitrogens with zero attached hydrogens (tertiary/aromatic N) is 1. The Morgan fingerprint density at radius 3 is 2.55 bits per heavy atom. The van der Waals surface area contributed by atoms with E-state index in [2.05, 4.69) is 4.98 Å². The molecule has 0 saturated heterocycles. The fourth-order valence-corrected chi connectivity index (χ4v) is 2.15. The second-order valence-corrected chi connectivity index (χ2v) is 5.13. The van der Waals surface area contributed by atoms with Crippen LogP contribution in [0.4, 0.5) is 0 Å². The monoisotopic (exact) mass is 291 g/mol. The van der Waals surface area contributed by atoms with E-state index >= 15 is 0 Å². The van der Waals surface area contributed by atoms with Gasteiger partial charge in [-0.05, 0) is 50.1 Å². The van der Waals surface area contributed by atoms with E-state index in [1.165, 1.54) is 0 Å². The summed E-state index contributed by atoms with van der Waals surface area (Å²) < 4.78 is 5.84. The summed E-state index contributed by atoms with van der Waals surface area (Å²) in [4.78, 5) is 4.46. The second-order valence-electron chi connectivity index (χ2n) is 4.72. The maximum Gasteiger partial charge on any atom is 0.148 e. The molecule has 2 rings (SSSR count). The van der Waals surface area contributed by atoms with Crippen molar-refractivity contribution in [1.29, 1.82) is 0 Å². The van der Waals surface area contributed by atoms with Gasteiger partial charge in [-0.25, -0.2) is 0 Å². The summed E-state index contributed by atoms with van der Waals surface area (Å²) >= 11 is 6.19. The van der Waals surface area contributed by atoms with Gasteiger partial charge >= 0.3 is 0 Å². The number of aryl methyl sites for hydroxylation is 2. The average molecular weight is 292 g/mol. The molecule has 0 saturated carbocycles. The molecule has 0 aliphatic carbocycles. The summed E-state index contributed by atoms with van der Waals surface area (Å²) in [6.45, 7) is 5.69. The zero-order chi connectivity index (χ0) is 14.7. The molecular weight excluding hydrogens is 274 g/mol. The number of hydrogen-bond acceptors (Lipinski definition) is 3. The zero-order valence-corrected chi connectivity index (χ0v) is 12.6. The lowest BCUT2D eigenvalue weighted by atomic mass is 10.1. The van der Waals surface area contributed by atoms with Crippen molar-refractivity contribution in [1.82, 2.24) is 4.98 Å². The molecule has 1 N–H and O–H groups in total. The number of ether oxygens (including phenoxy) is 1. The van der Waals surface area contributed by atoms with E-state index in [9.17, 15) is 5.11 Å². The van der Waals surface area contributed by atoms with E-state index in [4.69, 9.17) is 16.3 Å². The van der Waals surface area contributed by atoms with Crippen molar-refractivity contribution in [2.45, 2.75) is 33.3 Å². The number of aromatic nitrogens is 1. The molecule has 0 amide bonds. The zero-order valence-electron chi connectivity index (χ0n) is 11.9. The maximum absolute atomic E-state index is 9.53. The minimum Gasteiger partial charge on any atom is -0.454 e. The molecule has 0 aliphatic heterocycles. The molecule has 0 spiro atoms. The van der Waals surface area contributed by atoms with Crippen LogP contribution in [-0.4, -0.2) is 10.1 Å². The second kappa shape index (κ2) is 6.25. The summed E-state index contributed by atoms with van der Waals surface area (Å²) in [5.74, 6) is 1.28. The van der Waals surface area contributed by atoms with Crippen LogP contribution in [0.5, 0.6) is 11.5 Å². The molecule has 4 heteroatoms. The molecule has 1 aromatic heterocycles. The first-order valence-electron chi connectivity index (χ1n) is 6.63. The minimum atomic E-state index is -0.547. The Balaban J connectivity index is 2.30. The Bertz CT molecular complexity index is 611. The van der Waals surface area contributed by atoms with Gasteiger partial charge in [-0.3, -0.25) is 4.98 Å². The standard InChI is InChI=1S/C16H18ClNO2/c1-4-14-16(7-5-10(2)18-14)20-15-8-6-12(11(3)19)9-13(15)17/h5-9,11,19H,4H2,1-3H3/t11-/m1/s1. The average Bonchev–Trinajstić information content (AvgIpc) is 2.42. The number of hydrogen-bond donors (Lipinski definition) is 1. The van der Waals surface area contributed by atoms with Gasteiger partial charge in [0.15, 0.2) is 0 Å². The fourth-order valence-electron chi connectivity index (χ4n) is 1.92. The quantitative estimate of drug-likeness (QED) is 0.905. The van der Waals surface area contributed by atoms with Gasteiger partial charge in [0, 0.05) is 5.69 Å². The van der Waals surface area contributed by atoms with E-state index in [0.29, 0.717) is 16.5 Å². The number of aliphatic hydroxyl groups excluding tert-OH is 1. The molecule has 1 heterocycles. The highest BCUT2D eigenvalue weighted by molar-refractivity contribution is 6.32. The largest absolute Gasteiger partial charge is 0.454 e. The first-order valence-corrected chi connectivity index (χ1v) is 7.01. The van der Waals surface area contributed by atoms with Gasteiger partial charge in [-0.15, -0.1) is 0 Å². The molecule has 0 fully saturated rings. The van der Waals surface area contributed by atoms with Gasteiger partial charge in [-0.1, -0.05) is 24.6 Å². The van der Waals surface area contributed by atoms with Crippen LogP contribution in [0.1, 0.15) is 36.9 Å². The van der Waals surface area contributed by atoms with Crippen molar-refractivity contribution < 1.29 is 9.84 Å². The molecule has 0 radical (unpaired) electrons. The molecule has 106 valence electrons. The molecule has 0 unspecified atom stereocenters. The molecule has 3 nitrogen and oxygen atoms in total. The minimum absolute atomic E-state index is 0.478. The van der Waals surface area contributed by atoms with Crippen LogP contribution in [0.15, 0.2) is 30.3 Å². The lowest BCUT2D eigenvalue weighted by molar-refractivity contribution is 0.199. The third kappa shape index (κ3) is 3.30. The summed E-state index contributed by atoms with van der Waals surface area (Å²) in [6.07, 6.45) is 0.245. The van der Waals surface area contributed by atoms with E-state index in [0.717, 1.165) is 23.4 Å². The molecule has 0 bridgehead atoms. The van der Waals surface area contributed by atoms with Crippen LogP contribution in [0.2, 0.25) is 5.02 Å². The third-order valence-electron chi connectivity index (χ3n) is 3.06. The van der Waals surface area contributed by atoms with Crippen LogP contribution < -0.4 is 4.74 Å². The normalized spacial score (nSPS) is 12.2. The number of halogens is 1. The topological polar surface area (TPSA) is 42.4 Å². The number of aliphatic hydroxyl groups is 1. The molecule has 2 aromatic rings. The summed E-state index contributed by atoms with van der Waals surface area (Å²) in [7, 11) is 0. The Morgan fingerprint density at radius 1 is 1.25 bits per heavy atom. The smallest absolute Gasteiger partial charge is 0.148 e. The molecular formula is C16H18ClNO2. The highest BCUT2D eigenvalue weighted by Crippen LogP contribution is 2.33. The van der Waals surface area contributed by atoms with E-state index in [1.54, 1.807) is 25.1 Å². The molecule has 1 aromatic carbocycles. The van der Waals surface area contributed by atoms with Crippen molar-refractivity contribution >= 4 is 11.6 Å². The van der Waals surface area contributed by atoms with Crippen LogP contribution in [-0.2, 0) is 6.42 Å². The Labute approximate surface area is 124 Å². The van der Waals surface area contributed by atoms with Crippen LogP contribution in [0.3, 0.4) is 0 Å². The number of rotatable bonds is 4. The van der Waals surface area contributed by atoms with Crippen molar-refractivity contribution in [3.63, 3.8) is 0 Å². The Hall–Kier alpha value is -1.58. The first kappa shape index (κ1) is 14.8. The SMILES string of the molecule is CCc1nc(C)ccc1Oc1ccc([C@@H](C)O)cc1Cl. The van der Waals surface area contributed by atoms with Gasteiger partial charge < -0.3 is 9.84 Å². The third-order valence-corrected chi connectivity index (χ3v) is 3.36. The van der Waals surface area contributed by atoms with E-state index in [1.807, 2.05) is 26.0 Å². The van der Waals surface area contributed by atoms with Gasteiger partial charge in [0.25, 0.3) is 0 Å². The van der Waals surface area contributed by atoms with E-state index in [-0.39, 0.29) is 0 Å². The van der Waals surface area contributed by atoms with Gasteiger partial charge in [0.1, 0.15) is 11.5 Å².